The molecule has 0 saturated carbocycles. The molecule has 0 atom stereocenters. The first-order valence-electron chi connectivity index (χ1n) is 9.04. The molecule has 2 aliphatic rings. The van der Waals surface area contributed by atoms with Crippen LogP contribution in [0, 0.1) is 5.92 Å². The second-order valence-corrected chi connectivity index (χ2v) is 6.70. The standard InChI is InChI=1S/C19H21N5O3/c25-17-11-22-18-16(24(17)12-13-3-6-27-7-4-13)8-14(9-21-18)19(26)23-15-2-1-5-20-10-15/h1-2,5,8-10,13H,3-4,6-7,11-12H2,(H,21,22)(H,23,26). The minimum absolute atomic E-state index is 0.0133. The topological polar surface area (TPSA) is 96.5 Å². The summed E-state index contributed by atoms with van der Waals surface area (Å²) in [5.41, 5.74) is 1.65. The second kappa shape index (κ2) is 7.71. The summed E-state index contributed by atoms with van der Waals surface area (Å²) in [6.07, 6.45) is 6.59. The zero-order chi connectivity index (χ0) is 18.6. The molecule has 8 heteroatoms. The number of pyridine rings is 2. The summed E-state index contributed by atoms with van der Waals surface area (Å²) in [6, 6.07) is 5.23. The molecule has 0 aromatic carbocycles. The summed E-state index contributed by atoms with van der Waals surface area (Å²) in [7, 11) is 0. The predicted molar refractivity (Wildman–Crippen MR) is 101 cm³/mol. The van der Waals surface area contributed by atoms with E-state index in [4.69, 9.17) is 4.74 Å². The van der Waals surface area contributed by atoms with E-state index >= 15 is 0 Å². The summed E-state index contributed by atoms with van der Waals surface area (Å²) in [6.45, 7) is 2.28. The van der Waals surface area contributed by atoms with Crippen LogP contribution in [-0.2, 0) is 9.53 Å². The van der Waals surface area contributed by atoms with E-state index in [1.54, 1.807) is 35.5 Å². The molecular weight excluding hydrogens is 346 g/mol. The van der Waals surface area contributed by atoms with E-state index < -0.39 is 0 Å². The smallest absolute Gasteiger partial charge is 0.257 e. The van der Waals surface area contributed by atoms with Crippen LogP contribution in [0.15, 0.2) is 36.8 Å². The van der Waals surface area contributed by atoms with Gasteiger partial charge in [0.25, 0.3) is 5.91 Å². The number of fused-ring (bicyclic) bond motifs is 1. The third-order valence-electron chi connectivity index (χ3n) is 4.83. The molecule has 0 unspecified atom stereocenters. The fraction of sp³-hybridized carbons (Fsp3) is 0.368. The third kappa shape index (κ3) is 3.90. The van der Waals surface area contributed by atoms with Gasteiger partial charge in [-0.15, -0.1) is 0 Å². The van der Waals surface area contributed by atoms with Crippen LogP contribution in [0.1, 0.15) is 23.2 Å². The minimum atomic E-state index is -0.290. The fourth-order valence-corrected chi connectivity index (χ4v) is 3.34. The van der Waals surface area contributed by atoms with Crippen molar-refractivity contribution in [2.75, 3.05) is 41.8 Å². The molecule has 0 radical (unpaired) electrons. The first kappa shape index (κ1) is 17.4. The van der Waals surface area contributed by atoms with Gasteiger partial charge >= 0.3 is 0 Å². The molecule has 1 saturated heterocycles. The van der Waals surface area contributed by atoms with Gasteiger partial charge in [-0.05, 0) is 37.0 Å². The number of carbonyl (C=O) groups excluding carboxylic acids is 2. The van der Waals surface area contributed by atoms with E-state index in [-0.39, 0.29) is 18.4 Å². The van der Waals surface area contributed by atoms with E-state index in [2.05, 4.69) is 20.6 Å². The quantitative estimate of drug-likeness (QED) is 0.857. The van der Waals surface area contributed by atoms with E-state index in [1.807, 2.05) is 0 Å². The largest absolute Gasteiger partial charge is 0.381 e. The summed E-state index contributed by atoms with van der Waals surface area (Å²) in [5.74, 6) is 0.712. The van der Waals surface area contributed by atoms with Crippen molar-refractivity contribution < 1.29 is 14.3 Å². The third-order valence-corrected chi connectivity index (χ3v) is 4.83. The molecule has 140 valence electrons. The number of anilines is 3. The lowest BCUT2D eigenvalue weighted by molar-refractivity contribution is -0.117. The van der Waals surface area contributed by atoms with Crippen LogP contribution in [-0.4, -0.2) is 48.1 Å². The van der Waals surface area contributed by atoms with Crippen molar-refractivity contribution in [1.82, 2.24) is 9.97 Å². The van der Waals surface area contributed by atoms with Gasteiger partial charge in [-0.1, -0.05) is 0 Å². The van der Waals surface area contributed by atoms with Crippen LogP contribution in [0.4, 0.5) is 17.2 Å². The molecule has 0 spiro atoms. The van der Waals surface area contributed by atoms with E-state index in [1.165, 1.54) is 6.20 Å². The van der Waals surface area contributed by atoms with E-state index in [0.717, 1.165) is 26.1 Å². The molecule has 4 rings (SSSR count). The van der Waals surface area contributed by atoms with Crippen LogP contribution in [0.5, 0.6) is 0 Å². The van der Waals surface area contributed by atoms with E-state index in [0.29, 0.717) is 35.2 Å². The van der Waals surface area contributed by atoms with Crippen LogP contribution < -0.4 is 15.5 Å². The molecule has 1 fully saturated rings. The van der Waals surface area contributed by atoms with Gasteiger partial charge in [0.1, 0.15) is 5.82 Å². The van der Waals surface area contributed by atoms with Gasteiger partial charge in [-0.2, -0.15) is 0 Å². The Labute approximate surface area is 156 Å². The van der Waals surface area contributed by atoms with Crippen molar-refractivity contribution in [3.63, 3.8) is 0 Å². The maximum atomic E-state index is 12.6. The van der Waals surface area contributed by atoms with E-state index in [9.17, 15) is 9.59 Å². The molecule has 0 bridgehead atoms. The molecule has 27 heavy (non-hydrogen) atoms. The molecule has 8 nitrogen and oxygen atoms in total. The fourth-order valence-electron chi connectivity index (χ4n) is 3.34. The molecule has 2 amide bonds. The highest BCUT2D eigenvalue weighted by atomic mass is 16.5. The summed E-state index contributed by atoms with van der Waals surface area (Å²) in [5, 5.41) is 5.82. The number of hydrogen-bond donors (Lipinski definition) is 2. The minimum Gasteiger partial charge on any atom is -0.381 e. The first-order valence-corrected chi connectivity index (χ1v) is 9.04. The maximum Gasteiger partial charge on any atom is 0.257 e. The zero-order valence-corrected chi connectivity index (χ0v) is 14.9. The Balaban J connectivity index is 1.56. The lowest BCUT2D eigenvalue weighted by atomic mass is 9.99. The average molecular weight is 367 g/mol. The number of amides is 2. The molecule has 0 aliphatic carbocycles. The number of rotatable bonds is 4. The lowest BCUT2D eigenvalue weighted by Crippen LogP contribution is -2.44. The Morgan fingerprint density at radius 2 is 2.19 bits per heavy atom. The molecule has 2 aromatic heterocycles. The van der Waals surface area contributed by atoms with Gasteiger partial charge in [0, 0.05) is 32.2 Å². The monoisotopic (exact) mass is 367 g/mol. The lowest BCUT2D eigenvalue weighted by Gasteiger charge is -2.33. The highest BCUT2D eigenvalue weighted by Gasteiger charge is 2.29. The maximum absolute atomic E-state index is 12.6. The first-order chi connectivity index (χ1) is 13.2. The Kier molecular flexibility index (Phi) is 4.97. The molecule has 4 heterocycles. The Morgan fingerprint density at radius 1 is 1.33 bits per heavy atom. The SMILES string of the molecule is O=C(Nc1cccnc1)c1cnc2c(c1)N(CC1CCOCC1)C(=O)CN2. The Morgan fingerprint density at radius 3 is 2.96 bits per heavy atom. The van der Waals surface area contributed by atoms with Crippen LogP contribution in [0.25, 0.3) is 0 Å². The average Bonchev–Trinajstić information content (AvgIpc) is 2.71. The van der Waals surface area contributed by atoms with Crippen LogP contribution in [0.3, 0.4) is 0 Å². The summed E-state index contributed by atoms with van der Waals surface area (Å²) in [4.78, 5) is 35.1. The highest BCUT2D eigenvalue weighted by Crippen LogP contribution is 2.30. The van der Waals surface area contributed by atoms with Gasteiger partial charge < -0.3 is 20.3 Å². The van der Waals surface area contributed by atoms with Gasteiger partial charge in [0.2, 0.25) is 5.91 Å². The predicted octanol–water partition coefficient (Wildman–Crippen LogP) is 1.91. The second-order valence-electron chi connectivity index (χ2n) is 6.70. The Bertz CT molecular complexity index is 836. The number of hydrogen-bond acceptors (Lipinski definition) is 6. The zero-order valence-electron chi connectivity index (χ0n) is 14.9. The van der Waals surface area contributed by atoms with Crippen LogP contribution >= 0.6 is 0 Å². The van der Waals surface area contributed by atoms with Gasteiger partial charge in [0.15, 0.2) is 0 Å². The van der Waals surface area contributed by atoms with Crippen molar-refractivity contribution >= 4 is 29.0 Å². The molecular formula is C19H21N5O3. The number of nitrogens with zero attached hydrogens (tertiary/aromatic N) is 3. The van der Waals surface area contributed by atoms with Crippen molar-refractivity contribution in [2.24, 2.45) is 5.92 Å². The summed E-state index contributed by atoms with van der Waals surface area (Å²) < 4.78 is 5.41. The summed E-state index contributed by atoms with van der Waals surface area (Å²) >= 11 is 0. The number of ether oxygens (including phenoxy) is 1. The number of carbonyl (C=O) groups is 2. The number of aromatic nitrogens is 2. The normalized spacial score (nSPS) is 17.2. The van der Waals surface area contributed by atoms with Crippen molar-refractivity contribution in [3.05, 3.63) is 42.4 Å². The van der Waals surface area contributed by atoms with Gasteiger partial charge in [-0.3, -0.25) is 14.6 Å². The van der Waals surface area contributed by atoms with Gasteiger partial charge in [-0.25, -0.2) is 4.98 Å². The highest BCUT2D eigenvalue weighted by molar-refractivity contribution is 6.07. The van der Waals surface area contributed by atoms with Crippen LogP contribution in [0.2, 0.25) is 0 Å². The van der Waals surface area contributed by atoms with Crippen molar-refractivity contribution in [2.45, 2.75) is 12.8 Å². The molecule has 2 N–H and O–H groups in total. The molecule has 2 aliphatic heterocycles. The molecule has 2 aromatic rings. The number of nitrogens with one attached hydrogen (secondary N) is 2. The van der Waals surface area contributed by atoms with Gasteiger partial charge in [0.05, 0.1) is 29.7 Å². The van der Waals surface area contributed by atoms with Crippen molar-refractivity contribution in [1.29, 1.82) is 0 Å². The van der Waals surface area contributed by atoms with Crippen molar-refractivity contribution in [3.8, 4) is 0 Å². The Hall–Kier alpha value is -3.00.